The highest BCUT2D eigenvalue weighted by Gasteiger charge is 2.13. The minimum Gasteiger partial charge on any atom is -0.398 e. The van der Waals surface area contributed by atoms with E-state index in [0.717, 1.165) is 11.3 Å². The molecule has 0 unspecified atom stereocenters. The molecule has 1 heterocycles. The summed E-state index contributed by atoms with van der Waals surface area (Å²) in [6.45, 7) is 0. The molecular weight excluding hydrogens is 388 g/mol. The number of rotatable bonds is 4. The second-order valence-electron chi connectivity index (χ2n) is 6.32. The highest BCUT2D eigenvalue weighted by atomic mass is 32.2. The van der Waals surface area contributed by atoms with E-state index < -0.39 is 10.1 Å². The monoisotopic (exact) mass is 404 g/mol. The van der Waals surface area contributed by atoms with Gasteiger partial charge < -0.3 is 5.73 Å². The number of azo groups is 1. The van der Waals surface area contributed by atoms with Gasteiger partial charge in [0.1, 0.15) is 5.69 Å². The number of fused-ring (bicyclic) bond motifs is 1. The van der Waals surface area contributed by atoms with Crippen LogP contribution in [0.2, 0.25) is 0 Å². The molecule has 0 aliphatic rings. The van der Waals surface area contributed by atoms with E-state index >= 15 is 0 Å². The molecule has 0 fully saturated rings. The molecule has 1 aromatic heterocycles. The summed E-state index contributed by atoms with van der Waals surface area (Å²) in [7, 11) is -4.35. The van der Waals surface area contributed by atoms with Crippen molar-refractivity contribution in [3.63, 3.8) is 0 Å². The third kappa shape index (κ3) is 3.98. The van der Waals surface area contributed by atoms with Gasteiger partial charge >= 0.3 is 0 Å². The zero-order chi connectivity index (χ0) is 20.4. The smallest absolute Gasteiger partial charge is 0.294 e. The molecule has 0 saturated carbocycles. The standard InChI is InChI=1S/C21H16N4O3S/c22-19-9-11-21(18-12-16(29(26,27)28)7-8-17(18)19)25-24-15-6-10-20(23-13-15)14-4-2-1-3-5-14/h1-13H,22H2,(H,26,27,28). The van der Waals surface area contributed by atoms with Gasteiger partial charge in [-0.2, -0.15) is 8.42 Å². The van der Waals surface area contributed by atoms with Crippen molar-refractivity contribution in [3.8, 4) is 11.3 Å². The number of benzene rings is 3. The highest BCUT2D eigenvalue weighted by Crippen LogP contribution is 2.33. The van der Waals surface area contributed by atoms with E-state index in [1.54, 1.807) is 24.4 Å². The molecule has 144 valence electrons. The van der Waals surface area contributed by atoms with Crippen molar-refractivity contribution < 1.29 is 13.0 Å². The fraction of sp³-hybridized carbons (Fsp3) is 0. The predicted molar refractivity (Wildman–Crippen MR) is 112 cm³/mol. The zero-order valence-corrected chi connectivity index (χ0v) is 15.9. The molecule has 3 N–H and O–H groups in total. The molecule has 0 atom stereocenters. The molecular formula is C21H16N4O3S. The first-order chi connectivity index (χ1) is 13.9. The lowest BCUT2D eigenvalue weighted by Gasteiger charge is -2.06. The zero-order valence-electron chi connectivity index (χ0n) is 15.1. The summed E-state index contributed by atoms with van der Waals surface area (Å²) >= 11 is 0. The first-order valence-electron chi connectivity index (χ1n) is 8.65. The van der Waals surface area contributed by atoms with Crippen LogP contribution in [0.3, 0.4) is 0 Å². The van der Waals surface area contributed by atoms with E-state index in [9.17, 15) is 13.0 Å². The van der Waals surface area contributed by atoms with Gasteiger partial charge in [0.05, 0.1) is 22.5 Å². The van der Waals surface area contributed by atoms with E-state index in [1.165, 1.54) is 18.2 Å². The molecule has 0 bridgehead atoms. The maximum Gasteiger partial charge on any atom is 0.294 e. The largest absolute Gasteiger partial charge is 0.398 e. The molecule has 0 spiro atoms. The molecule has 0 radical (unpaired) electrons. The number of nitrogen functional groups attached to an aromatic ring is 1. The van der Waals surface area contributed by atoms with Crippen LogP contribution >= 0.6 is 0 Å². The molecule has 4 aromatic rings. The van der Waals surface area contributed by atoms with Gasteiger partial charge in [0.15, 0.2) is 0 Å². The summed E-state index contributed by atoms with van der Waals surface area (Å²) in [5.74, 6) is 0. The van der Waals surface area contributed by atoms with Gasteiger partial charge in [-0.3, -0.25) is 9.54 Å². The predicted octanol–water partition coefficient (Wildman–Crippen LogP) is 5.15. The average molecular weight is 404 g/mol. The summed E-state index contributed by atoms with van der Waals surface area (Å²) in [6.07, 6.45) is 1.61. The first kappa shape index (κ1) is 18.7. The molecule has 0 saturated heterocycles. The van der Waals surface area contributed by atoms with Gasteiger partial charge in [-0.1, -0.05) is 36.4 Å². The van der Waals surface area contributed by atoms with Crippen molar-refractivity contribution in [2.75, 3.05) is 5.73 Å². The Balaban J connectivity index is 1.70. The third-order valence-electron chi connectivity index (χ3n) is 4.39. The Morgan fingerprint density at radius 2 is 1.66 bits per heavy atom. The van der Waals surface area contributed by atoms with Crippen molar-refractivity contribution in [3.05, 3.63) is 79.0 Å². The van der Waals surface area contributed by atoms with Crippen LogP contribution < -0.4 is 5.73 Å². The van der Waals surface area contributed by atoms with Crippen molar-refractivity contribution in [2.24, 2.45) is 10.2 Å². The minimum atomic E-state index is -4.35. The van der Waals surface area contributed by atoms with Gasteiger partial charge in [0.2, 0.25) is 0 Å². The normalized spacial score (nSPS) is 11.9. The lowest BCUT2D eigenvalue weighted by Crippen LogP contribution is -1.98. The van der Waals surface area contributed by atoms with Gasteiger partial charge in [0.25, 0.3) is 10.1 Å². The first-order valence-corrected chi connectivity index (χ1v) is 10.1. The molecule has 7 nitrogen and oxygen atoms in total. The van der Waals surface area contributed by atoms with Crippen LogP contribution in [-0.4, -0.2) is 18.0 Å². The van der Waals surface area contributed by atoms with E-state index in [-0.39, 0.29) is 4.90 Å². The molecule has 8 heteroatoms. The number of aromatic nitrogens is 1. The summed E-state index contributed by atoms with van der Waals surface area (Å²) in [4.78, 5) is 4.16. The summed E-state index contributed by atoms with van der Waals surface area (Å²) in [5, 5.41) is 9.50. The van der Waals surface area contributed by atoms with Crippen LogP contribution in [0.1, 0.15) is 0 Å². The van der Waals surface area contributed by atoms with Gasteiger partial charge in [0, 0.05) is 22.0 Å². The molecule has 29 heavy (non-hydrogen) atoms. The molecule has 0 amide bonds. The third-order valence-corrected chi connectivity index (χ3v) is 5.24. The van der Waals surface area contributed by atoms with Gasteiger partial charge in [-0.05, 0) is 36.4 Å². The second kappa shape index (κ2) is 7.42. The maximum atomic E-state index is 11.5. The van der Waals surface area contributed by atoms with Gasteiger partial charge in [-0.25, -0.2) is 0 Å². The molecule has 0 aliphatic heterocycles. The van der Waals surface area contributed by atoms with Crippen molar-refractivity contribution in [1.29, 1.82) is 0 Å². The Bertz CT molecular complexity index is 1320. The van der Waals surface area contributed by atoms with Gasteiger partial charge in [-0.15, -0.1) is 10.2 Å². The van der Waals surface area contributed by atoms with Crippen LogP contribution in [0.15, 0.2) is 94.1 Å². The molecule has 3 aromatic carbocycles. The average Bonchev–Trinajstić information content (AvgIpc) is 2.73. The Hall–Kier alpha value is -3.62. The Morgan fingerprint density at radius 3 is 2.34 bits per heavy atom. The summed E-state index contributed by atoms with van der Waals surface area (Å²) in [5.41, 5.74) is 9.22. The van der Waals surface area contributed by atoms with Crippen LogP contribution in [0.4, 0.5) is 17.1 Å². The second-order valence-corrected chi connectivity index (χ2v) is 7.75. The quantitative estimate of drug-likeness (QED) is 0.277. The Morgan fingerprint density at radius 1 is 0.862 bits per heavy atom. The SMILES string of the molecule is Nc1ccc(N=Nc2ccc(-c3ccccc3)nc2)c2cc(S(=O)(=O)O)ccc12. The van der Waals surface area contributed by atoms with Crippen molar-refractivity contribution in [1.82, 2.24) is 4.98 Å². The number of anilines is 1. The van der Waals surface area contributed by atoms with E-state index in [4.69, 9.17) is 5.73 Å². The Kier molecular flexibility index (Phi) is 4.79. The van der Waals surface area contributed by atoms with Crippen LogP contribution in [0.25, 0.3) is 22.0 Å². The lowest BCUT2D eigenvalue weighted by molar-refractivity contribution is 0.483. The van der Waals surface area contributed by atoms with Crippen LogP contribution in [-0.2, 0) is 10.1 Å². The molecule has 4 rings (SSSR count). The number of hydrogen-bond acceptors (Lipinski definition) is 6. The van der Waals surface area contributed by atoms with Crippen LogP contribution in [0.5, 0.6) is 0 Å². The van der Waals surface area contributed by atoms with E-state index in [2.05, 4.69) is 15.2 Å². The Labute approximate surface area is 167 Å². The number of hydrogen-bond donors (Lipinski definition) is 2. The fourth-order valence-electron chi connectivity index (χ4n) is 2.92. The summed E-state index contributed by atoms with van der Waals surface area (Å²) in [6, 6.07) is 20.9. The number of nitrogens with two attached hydrogens (primary N) is 1. The lowest BCUT2D eigenvalue weighted by atomic mass is 10.1. The maximum absolute atomic E-state index is 11.5. The van der Waals surface area contributed by atoms with E-state index in [1.807, 2.05) is 36.4 Å². The number of pyridine rings is 1. The van der Waals surface area contributed by atoms with Crippen molar-refractivity contribution in [2.45, 2.75) is 4.90 Å². The minimum absolute atomic E-state index is 0.235. The molecule has 0 aliphatic carbocycles. The number of nitrogens with zero attached hydrogens (tertiary/aromatic N) is 3. The highest BCUT2D eigenvalue weighted by molar-refractivity contribution is 7.85. The van der Waals surface area contributed by atoms with E-state index in [0.29, 0.717) is 27.8 Å². The van der Waals surface area contributed by atoms with Crippen molar-refractivity contribution >= 4 is 38.0 Å². The fourth-order valence-corrected chi connectivity index (χ4v) is 3.43. The topological polar surface area (TPSA) is 118 Å². The summed E-state index contributed by atoms with van der Waals surface area (Å²) < 4.78 is 32.2. The van der Waals surface area contributed by atoms with Crippen LogP contribution in [0, 0.1) is 0 Å².